The van der Waals surface area contributed by atoms with Crippen LogP contribution in [0.5, 0.6) is 0 Å². The van der Waals surface area contributed by atoms with Crippen molar-refractivity contribution in [2.45, 2.75) is 38.0 Å². The molecular weight excluding hydrogens is 463 g/mol. The first-order valence-corrected chi connectivity index (χ1v) is 10.4. The number of hydrogen-bond donors (Lipinski definition) is 2. The maximum absolute atomic E-state index is 11.3. The summed E-state index contributed by atoms with van der Waals surface area (Å²) in [6, 6.07) is 6.71. The van der Waals surface area contributed by atoms with Crippen LogP contribution in [-0.4, -0.2) is 46.0 Å². The number of halogens is 1. The standard InChI is InChI=1S/C18H30N4O2S.HI/c1-14(2)12-16-9-11-22(13-16)18(20-3)21-10-8-15-4-6-17(7-5-15)25(19,23)24;/h4-7,14,16H,8-13H2,1-3H3,(H,20,21)(H2,19,23,24);1H. The Labute approximate surface area is 174 Å². The third kappa shape index (κ3) is 7.03. The molecule has 0 radical (unpaired) electrons. The number of rotatable bonds is 6. The Morgan fingerprint density at radius 3 is 2.54 bits per heavy atom. The van der Waals surface area contributed by atoms with Gasteiger partial charge in [-0.25, -0.2) is 13.6 Å². The number of aliphatic imine (C=N–C) groups is 1. The van der Waals surface area contributed by atoms with Gasteiger partial charge in [-0.3, -0.25) is 4.99 Å². The number of guanidine groups is 1. The highest BCUT2D eigenvalue weighted by Crippen LogP contribution is 2.23. The molecule has 8 heteroatoms. The van der Waals surface area contributed by atoms with Crippen LogP contribution in [0.4, 0.5) is 0 Å². The van der Waals surface area contributed by atoms with E-state index in [2.05, 4.69) is 29.1 Å². The van der Waals surface area contributed by atoms with E-state index in [9.17, 15) is 8.42 Å². The summed E-state index contributed by atoms with van der Waals surface area (Å²) < 4.78 is 22.5. The molecule has 0 bridgehead atoms. The molecule has 0 spiro atoms. The summed E-state index contributed by atoms with van der Waals surface area (Å²) in [5.41, 5.74) is 1.06. The molecule has 0 amide bonds. The van der Waals surface area contributed by atoms with Gasteiger partial charge < -0.3 is 10.2 Å². The lowest BCUT2D eigenvalue weighted by Crippen LogP contribution is -2.40. The van der Waals surface area contributed by atoms with Gasteiger partial charge in [0.15, 0.2) is 5.96 Å². The summed E-state index contributed by atoms with van der Waals surface area (Å²) in [6.07, 6.45) is 3.30. The molecule has 1 aliphatic rings. The lowest BCUT2D eigenvalue weighted by molar-refractivity contribution is 0.404. The zero-order valence-corrected chi connectivity index (χ0v) is 19.0. The van der Waals surface area contributed by atoms with Gasteiger partial charge in [0.2, 0.25) is 10.0 Å². The Bertz CT molecular complexity index is 690. The van der Waals surface area contributed by atoms with Crippen molar-refractivity contribution >= 4 is 40.0 Å². The van der Waals surface area contributed by atoms with Crippen molar-refractivity contribution < 1.29 is 8.42 Å². The number of nitrogens with one attached hydrogen (secondary N) is 1. The van der Waals surface area contributed by atoms with E-state index in [-0.39, 0.29) is 28.9 Å². The molecule has 26 heavy (non-hydrogen) atoms. The molecule has 1 saturated heterocycles. The summed E-state index contributed by atoms with van der Waals surface area (Å²) in [6.45, 7) is 7.43. The van der Waals surface area contributed by atoms with Crippen LogP contribution >= 0.6 is 24.0 Å². The summed E-state index contributed by atoms with van der Waals surface area (Å²) in [7, 11) is -1.81. The maximum Gasteiger partial charge on any atom is 0.238 e. The van der Waals surface area contributed by atoms with Gasteiger partial charge >= 0.3 is 0 Å². The Balaban J connectivity index is 0.00000338. The zero-order chi connectivity index (χ0) is 18.4. The number of nitrogens with two attached hydrogens (primary N) is 1. The van der Waals surface area contributed by atoms with E-state index >= 15 is 0 Å². The van der Waals surface area contributed by atoms with Crippen molar-refractivity contribution in [2.24, 2.45) is 22.0 Å². The molecule has 1 fully saturated rings. The molecule has 3 N–H and O–H groups in total. The minimum absolute atomic E-state index is 0. The molecule has 0 aromatic heterocycles. The molecular formula is C18H31IN4O2S. The van der Waals surface area contributed by atoms with Gasteiger partial charge in [0.1, 0.15) is 0 Å². The SMILES string of the molecule is CN=C(NCCc1ccc(S(N)(=O)=O)cc1)N1CCC(CC(C)C)C1.I. The fourth-order valence-electron chi connectivity index (χ4n) is 3.38. The number of likely N-dealkylation sites (tertiary alicyclic amines) is 1. The Kier molecular flexibility index (Phi) is 9.32. The van der Waals surface area contributed by atoms with Crippen LogP contribution in [0.15, 0.2) is 34.2 Å². The van der Waals surface area contributed by atoms with Crippen molar-refractivity contribution in [1.82, 2.24) is 10.2 Å². The fraction of sp³-hybridized carbons (Fsp3) is 0.611. The summed E-state index contributed by atoms with van der Waals surface area (Å²) >= 11 is 0. The Morgan fingerprint density at radius 2 is 2.00 bits per heavy atom. The second-order valence-electron chi connectivity index (χ2n) is 7.14. The van der Waals surface area contributed by atoms with Gasteiger partial charge in [0, 0.05) is 26.7 Å². The van der Waals surface area contributed by atoms with Crippen LogP contribution in [0.2, 0.25) is 0 Å². The molecule has 148 valence electrons. The quantitative estimate of drug-likeness (QED) is 0.361. The number of nitrogens with zero attached hydrogens (tertiary/aromatic N) is 2. The molecule has 1 heterocycles. The zero-order valence-electron chi connectivity index (χ0n) is 15.8. The number of sulfonamides is 1. The van der Waals surface area contributed by atoms with Crippen molar-refractivity contribution in [3.05, 3.63) is 29.8 Å². The van der Waals surface area contributed by atoms with Crippen LogP contribution < -0.4 is 10.5 Å². The minimum Gasteiger partial charge on any atom is -0.356 e. The van der Waals surface area contributed by atoms with E-state index in [1.807, 2.05) is 7.05 Å². The van der Waals surface area contributed by atoms with E-state index in [0.717, 1.165) is 49.4 Å². The predicted octanol–water partition coefficient (Wildman–Crippen LogP) is 2.44. The molecule has 1 atom stereocenters. The molecule has 1 aliphatic heterocycles. The van der Waals surface area contributed by atoms with Gasteiger partial charge in [0.25, 0.3) is 0 Å². The monoisotopic (exact) mass is 494 g/mol. The molecule has 1 aromatic rings. The smallest absolute Gasteiger partial charge is 0.238 e. The van der Waals surface area contributed by atoms with Crippen LogP contribution in [0.25, 0.3) is 0 Å². The highest BCUT2D eigenvalue weighted by atomic mass is 127. The van der Waals surface area contributed by atoms with Gasteiger partial charge in [-0.15, -0.1) is 24.0 Å². The molecule has 0 aliphatic carbocycles. The minimum atomic E-state index is -3.62. The van der Waals surface area contributed by atoms with E-state index in [4.69, 9.17) is 5.14 Å². The topological polar surface area (TPSA) is 87.8 Å². The largest absolute Gasteiger partial charge is 0.356 e. The molecule has 1 unspecified atom stereocenters. The van der Waals surface area contributed by atoms with Crippen molar-refractivity contribution in [3.63, 3.8) is 0 Å². The fourth-order valence-corrected chi connectivity index (χ4v) is 3.90. The second kappa shape index (κ2) is 10.5. The molecule has 2 rings (SSSR count). The molecule has 0 saturated carbocycles. The van der Waals surface area contributed by atoms with E-state index < -0.39 is 10.0 Å². The van der Waals surface area contributed by atoms with E-state index in [1.54, 1.807) is 24.3 Å². The number of benzene rings is 1. The Morgan fingerprint density at radius 1 is 1.35 bits per heavy atom. The highest BCUT2D eigenvalue weighted by molar-refractivity contribution is 14.0. The molecule has 1 aromatic carbocycles. The van der Waals surface area contributed by atoms with Crippen molar-refractivity contribution in [3.8, 4) is 0 Å². The normalized spacial score (nSPS) is 18.1. The van der Waals surface area contributed by atoms with Crippen LogP contribution in [-0.2, 0) is 16.4 Å². The lowest BCUT2D eigenvalue weighted by atomic mass is 9.97. The summed E-state index contributed by atoms with van der Waals surface area (Å²) in [5.74, 6) is 2.44. The summed E-state index contributed by atoms with van der Waals surface area (Å²) in [5, 5.41) is 8.53. The summed E-state index contributed by atoms with van der Waals surface area (Å²) in [4.78, 5) is 6.87. The third-order valence-corrected chi connectivity index (χ3v) is 5.48. The molecule has 6 nitrogen and oxygen atoms in total. The number of hydrogen-bond acceptors (Lipinski definition) is 3. The van der Waals surface area contributed by atoms with Crippen LogP contribution in [0.1, 0.15) is 32.3 Å². The average Bonchev–Trinajstić information content (AvgIpc) is 2.98. The first-order valence-electron chi connectivity index (χ1n) is 8.87. The van der Waals surface area contributed by atoms with Crippen molar-refractivity contribution in [2.75, 3.05) is 26.7 Å². The average molecular weight is 494 g/mol. The maximum atomic E-state index is 11.3. The second-order valence-corrected chi connectivity index (χ2v) is 8.70. The predicted molar refractivity (Wildman–Crippen MR) is 117 cm³/mol. The first-order chi connectivity index (χ1) is 11.8. The van der Waals surface area contributed by atoms with Gasteiger partial charge in [-0.2, -0.15) is 0 Å². The van der Waals surface area contributed by atoms with E-state index in [1.165, 1.54) is 12.8 Å². The van der Waals surface area contributed by atoms with Crippen LogP contribution in [0, 0.1) is 11.8 Å². The van der Waals surface area contributed by atoms with Gasteiger partial charge in [0.05, 0.1) is 4.90 Å². The lowest BCUT2D eigenvalue weighted by Gasteiger charge is -2.22. The number of primary sulfonamides is 1. The van der Waals surface area contributed by atoms with E-state index in [0.29, 0.717) is 0 Å². The van der Waals surface area contributed by atoms with Crippen LogP contribution in [0.3, 0.4) is 0 Å². The van der Waals surface area contributed by atoms with Crippen molar-refractivity contribution in [1.29, 1.82) is 0 Å². The van der Waals surface area contributed by atoms with Gasteiger partial charge in [-0.1, -0.05) is 26.0 Å². The highest BCUT2D eigenvalue weighted by Gasteiger charge is 2.25. The first kappa shape index (κ1) is 23.2. The Hall–Kier alpha value is -0.870. The van der Waals surface area contributed by atoms with Gasteiger partial charge in [-0.05, 0) is 48.8 Å². The third-order valence-electron chi connectivity index (χ3n) is 4.55.